The number of piperidine rings is 1. The number of Topliss-reactive ketones (excluding diaryl/α,β-unsaturated/α-hetero) is 1. The summed E-state index contributed by atoms with van der Waals surface area (Å²) in [4.78, 5) is 23.6. The molecule has 3 atom stereocenters. The molecule has 2 heterocycles. The highest BCUT2D eigenvalue weighted by molar-refractivity contribution is 6.03. The quantitative estimate of drug-likeness (QED) is 0.476. The van der Waals surface area contributed by atoms with Gasteiger partial charge in [0.25, 0.3) is 0 Å². The predicted octanol–water partition coefficient (Wildman–Crippen LogP) is -1.36. The van der Waals surface area contributed by atoms with E-state index in [0.717, 1.165) is 0 Å². The minimum Gasteiger partial charge on any atom is -0.480 e. The molecule has 66 valence electrons. The molecule has 0 radical (unpaired) electrons. The summed E-state index contributed by atoms with van der Waals surface area (Å²) in [6.45, 7) is 1.20. The molecule has 0 aromatic carbocycles. The van der Waals surface area contributed by atoms with Gasteiger partial charge in [-0.2, -0.15) is 0 Å². The lowest BCUT2D eigenvalue weighted by molar-refractivity contribution is -0.148. The fraction of sp³-hybridized carbons (Fsp3) is 0.714. The Labute approximate surface area is 69.3 Å². The third-order valence-electron chi connectivity index (χ3n) is 2.39. The average molecular weight is 170 g/mol. The number of nitrogens with zero attached hydrogens (tertiary/aromatic N) is 1. The maximum atomic E-state index is 11.2. The second-order valence-corrected chi connectivity index (χ2v) is 3.24. The molecule has 2 N–H and O–H groups in total. The smallest absolute Gasteiger partial charge is 0.328 e. The summed E-state index contributed by atoms with van der Waals surface area (Å²) in [6.07, 6.45) is 0.355. The van der Waals surface area contributed by atoms with Crippen molar-refractivity contribution < 1.29 is 14.7 Å². The molecule has 5 heteroatoms. The molecular formula is C7H10N2O3. The highest BCUT2D eigenvalue weighted by Crippen LogP contribution is 2.18. The Morgan fingerprint density at radius 1 is 1.67 bits per heavy atom. The van der Waals surface area contributed by atoms with Gasteiger partial charge in [-0.15, -0.1) is 0 Å². The van der Waals surface area contributed by atoms with Gasteiger partial charge in [-0.25, -0.2) is 0 Å². The minimum absolute atomic E-state index is 0.174. The van der Waals surface area contributed by atoms with E-state index < -0.39 is 12.0 Å². The molecule has 2 fully saturated rings. The summed E-state index contributed by atoms with van der Waals surface area (Å²) in [5.74, 6) is -1.20. The number of aliphatic carboxylic acids is 1. The number of fused-ring (bicyclic) bond motifs is 2. The number of hydrogen-bond acceptors (Lipinski definition) is 4. The first-order valence-electron chi connectivity index (χ1n) is 3.91. The molecule has 2 aliphatic heterocycles. The topological polar surface area (TPSA) is 69.6 Å². The second kappa shape index (κ2) is 2.53. The Balaban J connectivity index is 2.21. The van der Waals surface area contributed by atoms with Crippen LogP contribution in [0.25, 0.3) is 0 Å². The van der Waals surface area contributed by atoms with E-state index in [4.69, 9.17) is 5.11 Å². The lowest BCUT2D eigenvalue weighted by Gasteiger charge is -2.26. The number of nitrogens with one attached hydrogen (secondary N) is 1. The Bertz CT molecular complexity index is 241. The molecule has 2 saturated heterocycles. The van der Waals surface area contributed by atoms with Crippen molar-refractivity contribution in [1.29, 1.82) is 0 Å². The zero-order chi connectivity index (χ0) is 8.72. The lowest BCUT2D eigenvalue weighted by Crippen LogP contribution is -2.49. The van der Waals surface area contributed by atoms with Crippen LogP contribution in [0.15, 0.2) is 0 Å². The van der Waals surface area contributed by atoms with Crippen molar-refractivity contribution in [2.45, 2.75) is 18.5 Å². The maximum Gasteiger partial charge on any atom is 0.328 e. The number of hydrogen-bond donors (Lipinski definition) is 2. The van der Waals surface area contributed by atoms with Gasteiger partial charge in [-0.05, 0) is 0 Å². The van der Waals surface area contributed by atoms with Crippen molar-refractivity contribution in [1.82, 2.24) is 10.2 Å². The van der Waals surface area contributed by atoms with Gasteiger partial charge in [0.1, 0.15) is 0 Å². The highest BCUT2D eigenvalue weighted by Gasteiger charge is 2.42. The minimum atomic E-state index is -1.03. The zero-order valence-corrected chi connectivity index (χ0v) is 6.49. The molecule has 0 amide bonds. The Hall–Kier alpha value is -0.940. The van der Waals surface area contributed by atoms with Gasteiger partial charge >= 0.3 is 5.97 Å². The molecule has 2 aliphatic rings. The Morgan fingerprint density at radius 3 is 3.08 bits per heavy atom. The molecular weight excluding hydrogens is 160 g/mol. The van der Waals surface area contributed by atoms with Crippen LogP contribution < -0.4 is 5.32 Å². The number of rotatable bonds is 1. The Morgan fingerprint density at radius 2 is 2.42 bits per heavy atom. The van der Waals surface area contributed by atoms with Crippen LogP contribution in [-0.2, 0) is 9.59 Å². The third-order valence-corrected chi connectivity index (χ3v) is 2.39. The summed E-state index contributed by atoms with van der Waals surface area (Å²) in [6, 6.07) is -0.732. The van der Waals surface area contributed by atoms with Crippen LogP contribution in [-0.4, -0.2) is 47.1 Å². The van der Waals surface area contributed by atoms with Crippen LogP contribution in [0.1, 0.15) is 6.42 Å². The molecule has 2 bridgehead atoms. The number of ketones is 1. The first-order valence-corrected chi connectivity index (χ1v) is 3.91. The van der Waals surface area contributed by atoms with E-state index in [-0.39, 0.29) is 11.8 Å². The molecule has 0 aromatic heterocycles. The van der Waals surface area contributed by atoms with E-state index in [1.165, 1.54) is 0 Å². The van der Waals surface area contributed by atoms with Crippen LogP contribution >= 0.6 is 0 Å². The van der Waals surface area contributed by atoms with Gasteiger partial charge in [0.2, 0.25) is 0 Å². The van der Waals surface area contributed by atoms with E-state index in [2.05, 4.69) is 5.32 Å². The first-order chi connectivity index (χ1) is 5.68. The van der Waals surface area contributed by atoms with Crippen LogP contribution in [0.2, 0.25) is 0 Å². The normalized spacial score (nSPS) is 40.0. The number of carboxylic acid groups (broad SMARTS) is 1. The summed E-state index contributed by atoms with van der Waals surface area (Å²) in [7, 11) is 0. The summed E-state index contributed by atoms with van der Waals surface area (Å²) >= 11 is 0. The SMILES string of the molecule is O=C(O)C1C(=O)CC2CN1CN2. The monoisotopic (exact) mass is 170 g/mol. The molecule has 0 aromatic rings. The third kappa shape index (κ3) is 1.02. The van der Waals surface area contributed by atoms with Gasteiger partial charge in [0.05, 0.1) is 0 Å². The van der Waals surface area contributed by atoms with E-state index >= 15 is 0 Å². The summed E-state index contributed by atoms with van der Waals surface area (Å²) < 4.78 is 0. The molecule has 0 spiro atoms. The van der Waals surface area contributed by atoms with Crippen molar-refractivity contribution >= 4 is 11.8 Å². The molecule has 0 saturated carbocycles. The van der Waals surface area contributed by atoms with Crippen molar-refractivity contribution in [3.05, 3.63) is 0 Å². The number of carbonyl (C=O) groups excluding carboxylic acids is 1. The van der Waals surface area contributed by atoms with Gasteiger partial charge in [-0.1, -0.05) is 0 Å². The van der Waals surface area contributed by atoms with Crippen LogP contribution in [0.5, 0.6) is 0 Å². The van der Waals surface area contributed by atoms with Gasteiger partial charge in [0, 0.05) is 25.7 Å². The summed E-state index contributed by atoms with van der Waals surface area (Å²) in [5, 5.41) is 11.8. The molecule has 0 aliphatic carbocycles. The molecule has 3 unspecified atom stereocenters. The van der Waals surface area contributed by atoms with Crippen molar-refractivity contribution in [2.75, 3.05) is 13.2 Å². The highest BCUT2D eigenvalue weighted by atomic mass is 16.4. The Kier molecular flexibility index (Phi) is 1.62. The molecule has 2 rings (SSSR count). The van der Waals surface area contributed by atoms with Gasteiger partial charge < -0.3 is 5.11 Å². The second-order valence-electron chi connectivity index (χ2n) is 3.24. The van der Waals surface area contributed by atoms with E-state index in [9.17, 15) is 9.59 Å². The van der Waals surface area contributed by atoms with Gasteiger partial charge in [-0.3, -0.25) is 19.8 Å². The molecule has 12 heavy (non-hydrogen) atoms. The van der Waals surface area contributed by atoms with E-state index in [0.29, 0.717) is 19.6 Å². The average Bonchev–Trinajstić information content (AvgIpc) is 2.31. The number of carbonyl (C=O) groups is 2. The van der Waals surface area contributed by atoms with E-state index in [1.807, 2.05) is 0 Å². The van der Waals surface area contributed by atoms with Crippen LogP contribution in [0.3, 0.4) is 0 Å². The van der Waals surface area contributed by atoms with Crippen molar-refractivity contribution in [3.63, 3.8) is 0 Å². The fourth-order valence-electron chi connectivity index (χ4n) is 1.84. The van der Waals surface area contributed by atoms with E-state index in [1.54, 1.807) is 4.90 Å². The zero-order valence-electron chi connectivity index (χ0n) is 6.49. The van der Waals surface area contributed by atoms with Gasteiger partial charge in [0.15, 0.2) is 11.8 Å². The number of carboxylic acids is 1. The fourth-order valence-corrected chi connectivity index (χ4v) is 1.84. The van der Waals surface area contributed by atoms with Crippen LogP contribution in [0, 0.1) is 0 Å². The lowest BCUT2D eigenvalue weighted by atomic mass is 10.00. The molecule has 5 nitrogen and oxygen atoms in total. The first kappa shape index (κ1) is 7.70. The standard InChI is InChI=1S/C7H10N2O3/c10-5-1-4-2-9(3-8-4)6(5)7(11)12/h4,6,8H,1-3H2,(H,11,12). The summed E-state index contributed by atoms with van der Waals surface area (Å²) in [5.41, 5.74) is 0. The van der Waals surface area contributed by atoms with Crippen molar-refractivity contribution in [2.24, 2.45) is 0 Å². The maximum absolute atomic E-state index is 11.2. The van der Waals surface area contributed by atoms with Crippen molar-refractivity contribution in [3.8, 4) is 0 Å². The predicted molar refractivity (Wildman–Crippen MR) is 39.5 cm³/mol. The van der Waals surface area contributed by atoms with Crippen LogP contribution in [0.4, 0.5) is 0 Å². The largest absolute Gasteiger partial charge is 0.480 e.